The predicted molar refractivity (Wildman–Crippen MR) is 167 cm³/mol. The highest BCUT2D eigenvalue weighted by Gasteiger charge is 2.38. The Morgan fingerprint density at radius 1 is 0.590 bits per heavy atom. The monoisotopic (exact) mass is 516 g/mol. The minimum absolute atomic E-state index is 0.0795. The quantitative estimate of drug-likeness (QED) is 0.229. The minimum Gasteiger partial charge on any atom is -0.399 e. The average Bonchev–Trinajstić information content (AvgIpc) is 2.98. The molecule has 0 bridgehead atoms. The Labute approximate surface area is 235 Å². The zero-order chi connectivity index (χ0) is 27.4. The van der Waals surface area contributed by atoms with E-state index >= 15 is 0 Å². The van der Waals surface area contributed by atoms with Crippen LogP contribution in [0.25, 0.3) is 0 Å². The molecular formula is C37H44N2. The van der Waals surface area contributed by atoms with Crippen LogP contribution in [0, 0.1) is 5.92 Å². The maximum atomic E-state index is 5.92. The summed E-state index contributed by atoms with van der Waals surface area (Å²) in [7, 11) is 0. The Balaban J connectivity index is 1.44. The number of anilines is 2. The molecule has 0 saturated heterocycles. The summed E-state index contributed by atoms with van der Waals surface area (Å²) in [6, 6.07) is 35.7. The van der Waals surface area contributed by atoms with Crippen molar-refractivity contribution in [1.29, 1.82) is 0 Å². The smallest absolute Gasteiger partial charge is 0.0314 e. The number of benzene rings is 4. The molecule has 2 unspecified atom stereocenters. The molecular weight excluding hydrogens is 472 g/mol. The Morgan fingerprint density at radius 2 is 0.923 bits per heavy atom. The molecule has 39 heavy (non-hydrogen) atoms. The summed E-state index contributed by atoms with van der Waals surface area (Å²) in [6.45, 7) is 6.89. The molecule has 5 rings (SSSR count). The molecule has 0 amide bonds. The summed E-state index contributed by atoms with van der Waals surface area (Å²) in [5.41, 5.74) is 21.8. The minimum atomic E-state index is 0.0795. The third kappa shape index (κ3) is 5.76. The Bertz CT molecular complexity index is 1230. The van der Waals surface area contributed by atoms with Crippen LogP contribution in [0.3, 0.4) is 0 Å². The highest BCUT2D eigenvalue weighted by atomic mass is 14.5. The van der Waals surface area contributed by atoms with E-state index in [-0.39, 0.29) is 5.41 Å². The van der Waals surface area contributed by atoms with Gasteiger partial charge in [0.15, 0.2) is 0 Å². The first kappa shape index (κ1) is 27.1. The zero-order valence-corrected chi connectivity index (χ0v) is 23.9. The van der Waals surface area contributed by atoms with Gasteiger partial charge in [-0.3, -0.25) is 0 Å². The van der Waals surface area contributed by atoms with Crippen LogP contribution in [0.4, 0.5) is 11.4 Å². The van der Waals surface area contributed by atoms with Crippen LogP contribution in [-0.2, 0) is 5.41 Å². The molecule has 1 fully saturated rings. The van der Waals surface area contributed by atoms with E-state index in [4.69, 9.17) is 11.5 Å². The van der Waals surface area contributed by atoms with E-state index < -0.39 is 0 Å². The third-order valence-corrected chi connectivity index (χ3v) is 9.46. The van der Waals surface area contributed by atoms with E-state index in [1.807, 2.05) is 24.3 Å². The summed E-state index contributed by atoms with van der Waals surface area (Å²) >= 11 is 0. The molecule has 0 heterocycles. The molecule has 0 radical (unpaired) electrons. The van der Waals surface area contributed by atoms with Crippen molar-refractivity contribution in [2.75, 3.05) is 11.5 Å². The molecule has 0 aliphatic heterocycles. The van der Waals surface area contributed by atoms with Gasteiger partial charge in [0, 0.05) is 28.6 Å². The number of hydrogen-bond acceptors (Lipinski definition) is 2. The van der Waals surface area contributed by atoms with Crippen LogP contribution in [0.2, 0.25) is 0 Å². The van der Waals surface area contributed by atoms with Gasteiger partial charge in [-0.05, 0) is 89.2 Å². The normalized spacial score (nSPS) is 20.8. The largest absolute Gasteiger partial charge is 0.399 e. The molecule has 0 spiro atoms. The first-order chi connectivity index (χ1) is 18.9. The second-order valence-corrected chi connectivity index (χ2v) is 11.8. The molecule has 0 aromatic heterocycles. The maximum absolute atomic E-state index is 5.92. The van der Waals surface area contributed by atoms with Crippen molar-refractivity contribution in [3.63, 3.8) is 0 Å². The van der Waals surface area contributed by atoms with E-state index in [9.17, 15) is 0 Å². The number of nitrogens with two attached hydrogens (primary N) is 2. The summed E-state index contributed by atoms with van der Waals surface area (Å²) in [5, 5.41) is 0. The van der Waals surface area contributed by atoms with Crippen LogP contribution in [-0.4, -0.2) is 0 Å². The zero-order valence-electron chi connectivity index (χ0n) is 23.9. The van der Waals surface area contributed by atoms with Gasteiger partial charge in [0.2, 0.25) is 0 Å². The van der Waals surface area contributed by atoms with Crippen molar-refractivity contribution >= 4 is 11.4 Å². The highest BCUT2D eigenvalue weighted by molar-refractivity contribution is 5.47. The molecule has 1 aliphatic rings. The molecule has 4 N–H and O–H groups in total. The number of nitrogen functional groups attached to an aromatic ring is 2. The second-order valence-electron chi connectivity index (χ2n) is 11.8. The molecule has 4 aromatic rings. The summed E-state index contributed by atoms with van der Waals surface area (Å²) in [6.07, 6.45) is 7.69. The fourth-order valence-electron chi connectivity index (χ4n) is 6.75. The van der Waals surface area contributed by atoms with Crippen molar-refractivity contribution in [3.8, 4) is 0 Å². The lowest BCUT2D eigenvalue weighted by Crippen LogP contribution is -2.33. The van der Waals surface area contributed by atoms with Crippen LogP contribution >= 0.6 is 0 Å². The number of hydrogen-bond donors (Lipinski definition) is 2. The lowest BCUT2D eigenvalue weighted by Gasteiger charge is -2.42. The van der Waals surface area contributed by atoms with Gasteiger partial charge in [0.1, 0.15) is 0 Å². The van der Waals surface area contributed by atoms with Gasteiger partial charge in [-0.15, -0.1) is 0 Å². The van der Waals surface area contributed by atoms with Crippen molar-refractivity contribution in [2.24, 2.45) is 5.92 Å². The Morgan fingerprint density at radius 3 is 1.26 bits per heavy atom. The lowest BCUT2D eigenvalue weighted by molar-refractivity contribution is 0.253. The molecule has 1 aliphatic carbocycles. The van der Waals surface area contributed by atoms with Gasteiger partial charge in [-0.25, -0.2) is 0 Å². The molecule has 2 atom stereocenters. The molecule has 1 saturated carbocycles. The number of rotatable bonds is 8. The van der Waals surface area contributed by atoms with E-state index in [0.717, 1.165) is 17.3 Å². The molecule has 2 heteroatoms. The van der Waals surface area contributed by atoms with Crippen LogP contribution in [0.5, 0.6) is 0 Å². The average molecular weight is 517 g/mol. The topological polar surface area (TPSA) is 52.0 Å². The summed E-state index contributed by atoms with van der Waals surface area (Å²) in [4.78, 5) is 0. The SMILES string of the molecule is CCCC1CCC(c2ccc(C(C)c3ccc(N)cc3)cc2)(c2ccc(C(C)c3ccc(N)cc3)cc2)CC1. The van der Waals surface area contributed by atoms with Gasteiger partial charge in [0.05, 0.1) is 0 Å². The third-order valence-electron chi connectivity index (χ3n) is 9.46. The van der Waals surface area contributed by atoms with Crippen LogP contribution < -0.4 is 11.5 Å². The maximum Gasteiger partial charge on any atom is 0.0314 e. The fourth-order valence-corrected chi connectivity index (χ4v) is 6.75. The Hall–Kier alpha value is -3.52. The van der Waals surface area contributed by atoms with Crippen molar-refractivity contribution < 1.29 is 0 Å². The molecule has 2 nitrogen and oxygen atoms in total. The molecule has 202 valence electrons. The van der Waals surface area contributed by atoms with E-state index in [0.29, 0.717) is 11.8 Å². The standard InChI is InChI=1S/C37H44N2/c1-4-5-28-22-24-37(25-23-28,33-14-6-29(7-15-33)26(2)31-10-18-35(38)19-11-31)34-16-8-30(9-17-34)27(3)32-12-20-36(39)21-13-32/h6-21,26-28H,4-5,22-25,38-39H2,1-3H3. The lowest BCUT2D eigenvalue weighted by atomic mass is 9.62. The van der Waals surface area contributed by atoms with E-state index in [1.54, 1.807) is 0 Å². The molecule has 4 aromatic carbocycles. The van der Waals surface area contributed by atoms with Crippen molar-refractivity contribution in [3.05, 3.63) is 130 Å². The predicted octanol–water partition coefficient (Wildman–Crippen LogP) is 9.43. The van der Waals surface area contributed by atoms with Crippen molar-refractivity contribution in [2.45, 2.75) is 76.5 Å². The highest BCUT2D eigenvalue weighted by Crippen LogP contribution is 2.48. The van der Waals surface area contributed by atoms with Gasteiger partial charge in [0.25, 0.3) is 0 Å². The van der Waals surface area contributed by atoms with Gasteiger partial charge in [-0.2, -0.15) is 0 Å². The van der Waals surface area contributed by atoms with Gasteiger partial charge >= 0.3 is 0 Å². The van der Waals surface area contributed by atoms with Crippen molar-refractivity contribution in [1.82, 2.24) is 0 Å². The van der Waals surface area contributed by atoms with Crippen LogP contribution in [0.1, 0.15) is 105 Å². The Kier molecular flexibility index (Phi) is 8.12. The summed E-state index contributed by atoms with van der Waals surface area (Å²) in [5.74, 6) is 1.53. The van der Waals surface area contributed by atoms with Gasteiger partial charge in [-0.1, -0.05) is 106 Å². The summed E-state index contributed by atoms with van der Waals surface area (Å²) < 4.78 is 0. The fraction of sp³-hybridized carbons (Fsp3) is 0.351. The van der Waals surface area contributed by atoms with E-state index in [1.165, 1.54) is 71.9 Å². The van der Waals surface area contributed by atoms with Gasteiger partial charge < -0.3 is 11.5 Å². The van der Waals surface area contributed by atoms with E-state index in [2.05, 4.69) is 93.6 Å². The van der Waals surface area contributed by atoms with Crippen LogP contribution in [0.15, 0.2) is 97.1 Å². The first-order valence-electron chi connectivity index (χ1n) is 14.8. The second kappa shape index (κ2) is 11.7. The first-order valence-corrected chi connectivity index (χ1v) is 14.8.